The Labute approximate surface area is 124 Å². The number of hydrogen-bond acceptors (Lipinski definition) is 3. The summed E-state index contributed by atoms with van der Waals surface area (Å²) in [6, 6.07) is 9.58. The second-order valence-corrected chi connectivity index (χ2v) is 5.90. The van der Waals surface area contributed by atoms with E-state index in [2.05, 4.69) is 5.32 Å². The van der Waals surface area contributed by atoms with Crippen molar-refractivity contribution in [3.63, 3.8) is 0 Å². The van der Waals surface area contributed by atoms with Crippen molar-refractivity contribution in [1.29, 1.82) is 0 Å². The number of nitrogens with one attached hydrogen (secondary N) is 1. The quantitative estimate of drug-likeness (QED) is 0.772. The van der Waals surface area contributed by atoms with Gasteiger partial charge in [0.25, 0.3) is 0 Å². The number of benzene rings is 1. The van der Waals surface area contributed by atoms with Crippen LogP contribution in [0.1, 0.15) is 25.8 Å². The molecule has 0 heterocycles. The Morgan fingerprint density at radius 1 is 1.30 bits per heavy atom. The van der Waals surface area contributed by atoms with Gasteiger partial charge in [-0.1, -0.05) is 37.3 Å². The van der Waals surface area contributed by atoms with E-state index in [-0.39, 0.29) is 17.7 Å². The van der Waals surface area contributed by atoms with E-state index in [1.54, 1.807) is 0 Å². The summed E-state index contributed by atoms with van der Waals surface area (Å²) in [6.07, 6.45) is 1.29. The molecule has 0 saturated heterocycles. The van der Waals surface area contributed by atoms with Crippen molar-refractivity contribution in [3.8, 4) is 0 Å². The molecule has 1 aromatic rings. The number of hydrogen-bond donors (Lipinski definition) is 2. The first kappa shape index (κ1) is 16.6. The van der Waals surface area contributed by atoms with Crippen molar-refractivity contribution in [2.75, 3.05) is 5.75 Å². The van der Waals surface area contributed by atoms with Crippen LogP contribution in [-0.2, 0) is 16.0 Å². The molecule has 5 heteroatoms. The van der Waals surface area contributed by atoms with Crippen molar-refractivity contribution in [3.05, 3.63) is 35.9 Å². The standard InChI is InChI=1S/C15H21NO3S/c1-3-11(2)16-14(17)10-20-13(15(18)19)9-12-7-5-4-6-8-12/h4-8,11,13H,3,9-10H2,1-2H3,(H,16,17)(H,18,19). The van der Waals surface area contributed by atoms with E-state index in [4.69, 9.17) is 0 Å². The number of carbonyl (C=O) groups excluding carboxylic acids is 1. The molecule has 0 radical (unpaired) electrons. The van der Waals surface area contributed by atoms with Gasteiger partial charge in [0.15, 0.2) is 0 Å². The van der Waals surface area contributed by atoms with Crippen LogP contribution in [0.5, 0.6) is 0 Å². The maximum absolute atomic E-state index is 11.7. The highest BCUT2D eigenvalue weighted by Crippen LogP contribution is 2.17. The second-order valence-electron chi connectivity index (χ2n) is 4.70. The zero-order valence-corrected chi connectivity index (χ0v) is 12.7. The fourth-order valence-electron chi connectivity index (χ4n) is 1.64. The number of aliphatic carboxylic acids is 1. The van der Waals surface area contributed by atoms with Crippen LogP contribution in [0.15, 0.2) is 30.3 Å². The Hall–Kier alpha value is -1.49. The van der Waals surface area contributed by atoms with Crippen LogP contribution in [0.25, 0.3) is 0 Å². The average Bonchev–Trinajstić information content (AvgIpc) is 2.44. The van der Waals surface area contributed by atoms with Crippen LogP contribution in [0.3, 0.4) is 0 Å². The predicted molar refractivity (Wildman–Crippen MR) is 81.9 cm³/mol. The number of carbonyl (C=O) groups is 2. The van der Waals surface area contributed by atoms with Gasteiger partial charge < -0.3 is 10.4 Å². The normalized spacial score (nSPS) is 13.5. The summed E-state index contributed by atoms with van der Waals surface area (Å²) in [4.78, 5) is 22.9. The van der Waals surface area contributed by atoms with Gasteiger partial charge in [-0.25, -0.2) is 0 Å². The summed E-state index contributed by atoms with van der Waals surface area (Å²) >= 11 is 1.17. The summed E-state index contributed by atoms with van der Waals surface area (Å²) in [5, 5.41) is 11.5. The second kappa shape index (κ2) is 8.64. The van der Waals surface area contributed by atoms with Crippen LogP contribution in [0, 0.1) is 0 Å². The maximum atomic E-state index is 11.7. The Balaban J connectivity index is 2.48. The zero-order valence-electron chi connectivity index (χ0n) is 11.8. The largest absolute Gasteiger partial charge is 0.480 e. The molecule has 0 spiro atoms. The van der Waals surface area contributed by atoms with Crippen LogP contribution in [0.4, 0.5) is 0 Å². The Morgan fingerprint density at radius 3 is 2.50 bits per heavy atom. The lowest BCUT2D eigenvalue weighted by Crippen LogP contribution is -2.34. The SMILES string of the molecule is CCC(C)NC(=O)CSC(Cc1ccccc1)C(=O)O. The van der Waals surface area contributed by atoms with Gasteiger partial charge in [-0.05, 0) is 25.3 Å². The number of rotatable bonds is 8. The number of carboxylic acid groups (broad SMARTS) is 1. The molecule has 2 unspecified atom stereocenters. The summed E-state index contributed by atoms with van der Waals surface area (Å²) in [5.74, 6) is -0.812. The highest BCUT2D eigenvalue weighted by atomic mass is 32.2. The van der Waals surface area contributed by atoms with Crippen LogP contribution < -0.4 is 5.32 Å². The number of carboxylic acids is 1. The Kier molecular flexibility index (Phi) is 7.15. The molecule has 2 atom stereocenters. The predicted octanol–water partition coefficient (Wildman–Crippen LogP) is 2.33. The first-order valence-electron chi connectivity index (χ1n) is 6.70. The van der Waals surface area contributed by atoms with Crippen molar-refractivity contribution in [2.45, 2.75) is 38.0 Å². The summed E-state index contributed by atoms with van der Waals surface area (Å²) < 4.78 is 0. The third-order valence-corrected chi connectivity index (χ3v) is 4.17. The molecule has 1 aromatic carbocycles. The summed E-state index contributed by atoms with van der Waals surface area (Å²) in [7, 11) is 0. The highest BCUT2D eigenvalue weighted by molar-refractivity contribution is 8.01. The van der Waals surface area contributed by atoms with E-state index in [1.807, 2.05) is 44.2 Å². The van der Waals surface area contributed by atoms with E-state index < -0.39 is 11.2 Å². The third kappa shape index (κ3) is 6.10. The van der Waals surface area contributed by atoms with Crippen molar-refractivity contribution >= 4 is 23.6 Å². The van der Waals surface area contributed by atoms with Gasteiger partial charge >= 0.3 is 5.97 Å². The lowest BCUT2D eigenvalue weighted by molar-refractivity contribution is -0.136. The minimum Gasteiger partial charge on any atom is -0.480 e. The molecule has 0 aliphatic carbocycles. The molecule has 0 aromatic heterocycles. The smallest absolute Gasteiger partial charge is 0.316 e. The highest BCUT2D eigenvalue weighted by Gasteiger charge is 2.20. The van der Waals surface area contributed by atoms with Gasteiger partial charge in [-0.2, -0.15) is 0 Å². The molecule has 1 amide bonds. The van der Waals surface area contributed by atoms with Crippen LogP contribution in [-0.4, -0.2) is 34.0 Å². The van der Waals surface area contributed by atoms with Gasteiger partial charge in [0.05, 0.1) is 5.75 Å². The fourth-order valence-corrected chi connectivity index (χ4v) is 2.53. The first-order chi connectivity index (χ1) is 9.52. The molecule has 0 aliphatic heterocycles. The monoisotopic (exact) mass is 295 g/mol. The summed E-state index contributed by atoms with van der Waals surface area (Å²) in [5.41, 5.74) is 0.967. The minimum absolute atomic E-state index is 0.108. The third-order valence-electron chi connectivity index (χ3n) is 2.97. The fraction of sp³-hybridized carbons (Fsp3) is 0.467. The lowest BCUT2D eigenvalue weighted by atomic mass is 10.1. The minimum atomic E-state index is -0.879. The van der Waals surface area contributed by atoms with Gasteiger partial charge in [-0.15, -0.1) is 11.8 Å². The van der Waals surface area contributed by atoms with E-state index in [0.717, 1.165) is 12.0 Å². The molecular weight excluding hydrogens is 274 g/mol. The van der Waals surface area contributed by atoms with Gasteiger partial charge in [0.1, 0.15) is 5.25 Å². The van der Waals surface area contributed by atoms with Gasteiger partial charge in [0.2, 0.25) is 5.91 Å². The van der Waals surface area contributed by atoms with E-state index in [9.17, 15) is 14.7 Å². The molecule has 0 bridgehead atoms. The van der Waals surface area contributed by atoms with E-state index >= 15 is 0 Å². The maximum Gasteiger partial charge on any atom is 0.316 e. The lowest BCUT2D eigenvalue weighted by Gasteiger charge is -2.14. The molecule has 4 nitrogen and oxygen atoms in total. The number of thioether (sulfide) groups is 1. The van der Waals surface area contributed by atoms with Gasteiger partial charge in [0, 0.05) is 6.04 Å². The van der Waals surface area contributed by atoms with Gasteiger partial charge in [-0.3, -0.25) is 9.59 Å². The molecule has 20 heavy (non-hydrogen) atoms. The van der Waals surface area contributed by atoms with Crippen LogP contribution in [0.2, 0.25) is 0 Å². The van der Waals surface area contributed by atoms with E-state index in [0.29, 0.717) is 6.42 Å². The molecule has 0 fully saturated rings. The first-order valence-corrected chi connectivity index (χ1v) is 7.75. The molecule has 0 saturated carbocycles. The average molecular weight is 295 g/mol. The topological polar surface area (TPSA) is 66.4 Å². The van der Waals surface area contributed by atoms with E-state index in [1.165, 1.54) is 11.8 Å². The number of amides is 1. The van der Waals surface area contributed by atoms with Crippen molar-refractivity contribution in [1.82, 2.24) is 5.32 Å². The zero-order chi connectivity index (χ0) is 15.0. The molecule has 0 aliphatic rings. The summed E-state index contributed by atoms with van der Waals surface area (Å²) in [6.45, 7) is 3.93. The van der Waals surface area contributed by atoms with Crippen molar-refractivity contribution < 1.29 is 14.7 Å². The van der Waals surface area contributed by atoms with Crippen LogP contribution >= 0.6 is 11.8 Å². The molecular formula is C15H21NO3S. The Morgan fingerprint density at radius 2 is 1.95 bits per heavy atom. The molecule has 110 valence electrons. The Bertz CT molecular complexity index is 436. The molecule has 2 N–H and O–H groups in total. The van der Waals surface area contributed by atoms with Crippen molar-refractivity contribution in [2.24, 2.45) is 0 Å². The molecule has 1 rings (SSSR count).